The van der Waals surface area contributed by atoms with E-state index in [9.17, 15) is 0 Å². The van der Waals surface area contributed by atoms with Gasteiger partial charge in [-0.1, -0.05) is 23.9 Å². The second-order valence-corrected chi connectivity index (χ2v) is 7.44. The number of pyridine rings is 1. The Labute approximate surface area is 168 Å². The lowest BCUT2D eigenvalue weighted by atomic mass is 10.1. The summed E-state index contributed by atoms with van der Waals surface area (Å²) in [5, 5.41) is 9.70. The highest BCUT2D eigenvalue weighted by molar-refractivity contribution is 7.99. The molecule has 0 aliphatic carbocycles. The molecule has 4 rings (SSSR count). The van der Waals surface area contributed by atoms with Gasteiger partial charge in [-0.15, -0.1) is 0 Å². The molecule has 0 unspecified atom stereocenters. The average molecular weight is 389 g/mol. The molecule has 7 heteroatoms. The van der Waals surface area contributed by atoms with Crippen LogP contribution in [0.2, 0.25) is 0 Å². The fourth-order valence-corrected chi connectivity index (χ4v) is 3.74. The first-order valence-corrected chi connectivity index (χ1v) is 9.89. The molecule has 0 N–H and O–H groups in total. The summed E-state index contributed by atoms with van der Waals surface area (Å²) in [7, 11) is 0. The van der Waals surface area contributed by atoms with E-state index in [-0.39, 0.29) is 0 Å². The normalized spacial score (nSPS) is 13.9. The Morgan fingerprint density at radius 2 is 1.86 bits per heavy atom. The minimum atomic E-state index is 0.410. The van der Waals surface area contributed by atoms with Crippen molar-refractivity contribution >= 4 is 17.4 Å². The van der Waals surface area contributed by atoms with Crippen molar-refractivity contribution in [2.45, 2.75) is 16.3 Å². The summed E-state index contributed by atoms with van der Waals surface area (Å²) in [6, 6.07) is 16.1. The number of hydrogen-bond donors (Lipinski definition) is 0. The SMILES string of the molecule is N#Cc1ccc(Sc2ccnc(Cc3ccc(N4CCOCC4)cc3)n2)cn1. The number of ether oxygens (including phenoxy) is 1. The monoisotopic (exact) mass is 389 g/mol. The molecule has 1 fully saturated rings. The molecule has 0 saturated carbocycles. The van der Waals surface area contributed by atoms with E-state index in [1.54, 1.807) is 18.5 Å². The molecule has 140 valence electrons. The number of anilines is 1. The summed E-state index contributed by atoms with van der Waals surface area (Å²) >= 11 is 1.51. The van der Waals surface area contributed by atoms with E-state index < -0.39 is 0 Å². The largest absolute Gasteiger partial charge is 0.378 e. The highest BCUT2D eigenvalue weighted by atomic mass is 32.2. The molecular weight excluding hydrogens is 370 g/mol. The molecule has 0 bridgehead atoms. The van der Waals surface area contributed by atoms with Gasteiger partial charge >= 0.3 is 0 Å². The molecule has 28 heavy (non-hydrogen) atoms. The van der Waals surface area contributed by atoms with Crippen molar-refractivity contribution in [3.8, 4) is 6.07 Å². The molecule has 1 saturated heterocycles. The second-order valence-electron chi connectivity index (χ2n) is 6.35. The number of aromatic nitrogens is 3. The zero-order valence-electron chi connectivity index (χ0n) is 15.3. The van der Waals surface area contributed by atoms with E-state index in [0.717, 1.165) is 42.0 Å². The third-order valence-electron chi connectivity index (χ3n) is 4.43. The van der Waals surface area contributed by atoms with E-state index in [2.05, 4.69) is 44.1 Å². The Kier molecular flexibility index (Phi) is 5.80. The third kappa shape index (κ3) is 4.66. The maximum absolute atomic E-state index is 8.84. The van der Waals surface area contributed by atoms with Gasteiger partial charge in [0.1, 0.15) is 22.6 Å². The van der Waals surface area contributed by atoms with Crippen molar-refractivity contribution in [1.29, 1.82) is 5.26 Å². The maximum atomic E-state index is 8.84. The number of hydrogen-bond acceptors (Lipinski definition) is 7. The molecule has 1 aliphatic rings. The Morgan fingerprint density at radius 1 is 1.04 bits per heavy atom. The maximum Gasteiger partial charge on any atom is 0.140 e. The summed E-state index contributed by atoms with van der Waals surface area (Å²) in [4.78, 5) is 16.4. The van der Waals surface area contributed by atoms with Gasteiger partial charge in [0.05, 0.1) is 13.2 Å². The second kappa shape index (κ2) is 8.83. The molecule has 3 aromatic rings. The van der Waals surface area contributed by atoms with Gasteiger partial charge in [0.2, 0.25) is 0 Å². The Bertz CT molecular complexity index is 963. The molecule has 0 atom stereocenters. The number of morpholine rings is 1. The van der Waals surface area contributed by atoms with Gasteiger partial charge in [-0.25, -0.2) is 15.0 Å². The van der Waals surface area contributed by atoms with E-state index in [1.807, 2.05) is 18.2 Å². The zero-order chi connectivity index (χ0) is 19.2. The molecule has 3 heterocycles. The molecule has 2 aromatic heterocycles. The molecule has 0 spiro atoms. The Morgan fingerprint density at radius 3 is 2.57 bits per heavy atom. The van der Waals surface area contributed by atoms with E-state index in [0.29, 0.717) is 12.1 Å². The van der Waals surface area contributed by atoms with Crippen LogP contribution in [0.4, 0.5) is 5.69 Å². The van der Waals surface area contributed by atoms with E-state index in [4.69, 9.17) is 10.00 Å². The molecular formula is C21H19N5OS. The number of nitriles is 1. The fraction of sp³-hybridized carbons (Fsp3) is 0.238. The van der Waals surface area contributed by atoms with E-state index in [1.165, 1.54) is 23.0 Å². The smallest absolute Gasteiger partial charge is 0.140 e. The highest BCUT2D eigenvalue weighted by Crippen LogP contribution is 2.25. The molecule has 0 radical (unpaired) electrons. The lowest BCUT2D eigenvalue weighted by Crippen LogP contribution is -2.36. The van der Waals surface area contributed by atoms with Crippen molar-refractivity contribution in [3.05, 3.63) is 71.9 Å². The van der Waals surface area contributed by atoms with Crippen LogP contribution in [0.25, 0.3) is 0 Å². The highest BCUT2D eigenvalue weighted by Gasteiger charge is 2.11. The minimum Gasteiger partial charge on any atom is -0.378 e. The summed E-state index contributed by atoms with van der Waals surface area (Å²) in [6.07, 6.45) is 4.16. The zero-order valence-corrected chi connectivity index (χ0v) is 16.1. The number of nitrogens with zero attached hydrogens (tertiary/aromatic N) is 5. The molecule has 1 aliphatic heterocycles. The molecule has 6 nitrogen and oxygen atoms in total. The van der Waals surface area contributed by atoms with Crippen LogP contribution in [0.15, 0.2) is 64.8 Å². The van der Waals surface area contributed by atoms with Gasteiger partial charge in [-0.3, -0.25) is 0 Å². The van der Waals surface area contributed by atoms with Gasteiger partial charge in [-0.2, -0.15) is 5.26 Å². The van der Waals surface area contributed by atoms with Crippen LogP contribution in [0, 0.1) is 11.3 Å². The van der Waals surface area contributed by atoms with E-state index >= 15 is 0 Å². The first-order valence-electron chi connectivity index (χ1n) is 9.08. The van der Waals surface area contributed by atoms with Crippen molar-refractivity contribution in [3.63, 3.8) is 0 Å². The van der Waals surface area contributed by atoms with Crippen molar-refractivity contribution in [2.24, 2.45) is 0 Å². The van der Waals surface area contributed by atoms with Crippen molar-refractivity contribution < 1.29 is 4.74 Å². The average Bonchev–Trinajstić information content (AvgIpc) is 2.76. The van der Waals surface area contributed by atoms with Gasteiger partial charge in [0, 0.05) is 42.5 Å². The van der Waals surface area contributed by atoms with Crippen LogP contribution in [-0.4, -0.2) is 41.3 Å². The van der Waals surface area contributed by atoms with Gasteiger partial charge < -0.3 is 9.64 Å². The predicted octanol–water partition coefficient (Wildman–Crippen LogP) is 3.32. The van der Waals surface area contributed by atoms with Crippen LogP contribution in [0.3, 0.4) is 0 Å². The summed E-state index contributed by atoms with van der Waals surface area (Å²) in [5.41, 5.74) is 2.82. The fourth-order valence-electron chi connectivity index (χ4n) is 2.98. The van der Waals surface area contributed by atoms with Gasteiger partial charge in [0.15, 0.2) is 0 Å². The van der Waals surface area contributed by atoms with Crippen LogP contribution < -0.4 is 4.90 Å². The topological polar surface area (TPSA) is 74.9 Å². The first kappa shape index (κ1) is 18.4. The standard InChI is InChI=1S/C21H19N5OS/c22-14-17-3-6-19(15-24-17)28-21-7-8-23-20(25-21)13-16-1-4-18(5-2-16)26-9-11-27-12-10-26/h1-8,15H,9-13H2. The minimum absolute atomic E-state index is 0.410. The summed E-state index contributed by atoms with van der Waals surface area (Å²) in [6.45, 7) is 3.45. The lowest BCUT2D eigenvalue weighted by molar-refractivity contribution is 0.122. The van der Waals surface area contributed by atoms with Crippen LogP contribution >= 0.6 is 11.8 Å². The van der Waals surface area contributed by atoms with Gasteiger partial charge in [-0.05, 0) is 35.9 Å². The Balaban J connectivity index is 1.42. The van der Waals surface area contributed by atoms with Crippen molar-refractivity contribution in [1.82, 2.24) is 15.0 Å². The molecule has 0 amide bonds. The Hall–Kier alpha value is -2.95. The summed E-state index contributed by atoms with van der Waals surface area (Å²) < 4.78 is 5.41. The number of benzene rings is 1. The van der Waals surface area contributed by atoms with Crippen LogP contribution in [0.1, 0.15) is 17.1 Å². The van der Waals surface area contributed by atoms with Crippen LogP contribution in [0.5, 0.6) is 0 Å². The van der Waals surface area contributed by atoms with Crippen LogP contribution in [-0.2, 0) is 11.2 Å². The quantitative estimate of drug-likeness (QED) is 0.620. The molecule has 1 aromatic carbocycles. The first-order chi connectivity index (χ1) is 13.8. The lowest BCUT2D eigenvalue weighted by Gasteiger charge is -2.28. The predicted molar refractivity (Wildman–Crippen MR) is 107 cm³/mol. The van der Waals surface area contributed by atoms with Crippen molar-refractivity contribution in [2.75, 3.05) is 31.2 Å². The van der Waals surface area contributed by atoms with Gasteiger partial charge in [0.25, 0.3) is 0 Å². The summed E-state index contributed by atoms with van der Waals surface area (Å²) in [5.74, 6) is 0.783. The number of rotatable bonds is 5. The third-order valence-corrected chi connectivity index (χ3v) is 5.34.